The van der Waals surface area contributed by atoms with Gasteiger partial charge in [0, 0.05) is 26.7 Å². The van der Waals surface area contributed by atoms with Crippen molar-refractivity contribution in [3.63, 3.8) is 0 Å². The number of anilines is 2. The molecule has 1 rings (SSSR count). The molecule has 1 aromatic heterocycles. The van der Waals surface area contributed by atoms with Crippen molar-refractivity contribution in [3.05, 3.63) is 4.88 Å². The molecule has 7 heteroatoms. The Morgan fingerprint density at radius 2 is 2.14 bits per heavy atom. The monoisotopic (exact) mass is 314 g/mol. The molecule has 1 heterocycles. The fourth-order valence-electron chi connectivity index (χ4n) is 1.74. The van der Waals surface area contributed by atoms with Crippen molar-refractivity contribution in [1.29, 1.82) is 0 Å². The summed E-state index contributed by atoms with van der Waals surface area (Å²) >= 11 is 1.32. The first-order chi connectivity index (χ1) is 10.1. The maximum absolute atomic E-state index is 12.1. The molecule has 6 nitrogen and oxygen atoms in total. The van der Waals surface area contributed by atoms with Crippen LogP contribution in [0.4, 0.5) is 10.9 Å². The van der Waals surface area contributed by atoms with Crippen LogP contribution in [-0.2, 0) is 4.74 Å². The van der Waals surface area contributed by atoms with E-state index < -0.39 is 0 Å². The molecule has 0 saturated heterocycles. The van der Waals surface area contributed by atoms with E-state index in [1.807, 2.05) is 11.9 Å². The Hall–Kier alpha value is -1.34. The van der Waals surface area contributed by atoms with Gasteiger partial charge in [0.05, 0.1) is 6.61 Å². The number of hydrogen-bond donors (Lipinski definition) is 2. The lowest BCUT2D eigenvalue weighted by atomic mass is 10.4. The number of carbonyl (C=O) groups excluding carboxylic acids is 1. The van der Waals surface area contributed by atoms with Crippen molar-refractivity contribution in [2.24, 2.45) is 0 Å². The van der Waals surface area contributed by atoms with E-state index in [4.69, 9.17) is 10.5 Å². The number of carbonyl (C=O) groups is 1. The Kier molecular flexibility index (Phi) is 8.07. The third-order valence-corrected chi connectivity index (χ3v) is 4.09. The molecular weight excluding hydrogens is 288 g/mol. The lowest BCUT2D eigenvalue weighted by Gasteiger charge is -2.13. The molecule has 0 aliphatic heterocycles. The molecule has 120 valence electrons. The van der Waals surface area contributed by atoms with E-state index in [9.17, 15) is 4.79 Å². The van der Waals surface area contributed by atoms with Crippen molar-refractivity contribution >= 4 is 28.2 Å². The fraction of sp³-hybridized carbons (Fsp3) is 0.714. The van der Waals surface area contributed by atoms with E-state index in [-0.39, 0.29) is 5.91 Å². The summed E-state index contributed by atoms with van der Waals surface area (Å²) in [4.78, 5) is 18.8. The standard InChI is InChI=1S/C14H26N4O2S/c1-4-6-9-20-10-7-16-13(19)11-12(15)17-14(21-11)18(3)8-5-2/h4-10,15H2,1-3H3,(H,16,19). The van der Waals surface area contributed by atoms with Crippen LogP contribution in [0.5, 0.6) is 0 Å². The highest BCUT2D eigenvalue weighted by atomic mass is 32.1. The van der Waals surface area contributed by atoms with Crippen LogP contribution >= 0.6 is 11.3 Å². The molecule has 0 unspecified atom stereocenters. The minimum atomic E-state index is -0.180. The van der Waals surface area contributed by atoms with E-state index in [2.05, 4.69) is 24.1 Å². The Labute approximate surface area is 130 Å². The van der Waals surface area contributed by atoms with Crippen molar-refractivity contribution in [3.8, 4) is 0 Å². The van der Waals surface area contributed by atoms with Crippen LogP contribution in [-0.4, -0.2) is 44.2 Å². The molecular formula is C14H26N4O2S. The number of rotatable bonds is 10. The Balaban J connectivity index is 2.43. The predicted molar refractivity (Wildman–Crippen MR) is 88.1 cm³/mol. The number of nitrogens with one attached hydrogen (secondary N) is 1. The maximum atomic E-state index is 12.1. The van der Waals surface area contributed by atoms with Gasteiger partial charge in [-0.2, -0.15) is 0 Å². The van der Waals surface area contributed by atoms with Gasteiger partial charge in [0.1, 0.15) is 10.7 Å². The molecule has 0 bridgehead atoms. The third-order valence-electron chi connectivity index (χ3n) is 2.91. The first-order valence-electron chi connectivity index (χ1n) is 7.43. The van der Waals surface area contributed by atoms with Gasteiger partial charge in [0.25, 0.3) is 5.91 Å². The quantitative estimate of drug-likeness (QED) is 0.647. The number of thiazole rings is 1. The molecule has 0 aromatic carbocycles. The minimum absolute atomic E-state index is 0.180. The summed E-state index contributed by atoms with van der Waals surface area (Å²) in [5.41, 5.74) is 5.83. The topological polar surface area (TPSA) is 80.5 Å². The Morgan fingerprint density at radius 3 is 2.81 bits per heavy atom. The lowest BCUT2D eigenvalue weighted by Crippen LogP contribution is -2.27. The molecule has 21 heavy (non-hydrogen) atoms. The highest BCUT2D eigenvalue weighted by Gasteiger charge is 2.17. The highest BCUT2D eigenvalue weighted by Crippen LogP contribution is 2.27. The zero-order valence-corrected chi connectivity index (χ0v) is 14.0. The number of unbranched alkanes of at least 4 members (excludes halogenated alkanes) is 1. The molecule has 0 aliphatic rings. The first kappa shape index (κ1) is 17.7. The zero-order valence-electron chi connectivity index (χ0n) is 13.1. The molecule has 0 radical (unpaired) electrons. The van der Waals surface area contributed by atoms with Crippen molar-refractivity contribution in [2.75, 3.05) is 44.0 Å². The number of nitrogens with zero attached hydrogens (tertiary/aromatic N) is 2. The number of hydrogen-bond acceptors (Lipinski definition) is 6. The second-order valence-electron chi connectivity index (χ2n) is 4.85. The average Bonchev–Trinajstić information content (AvgIpc) is 2.85. The van der Waals surface area contributed by atoms with E-state index in [1.54, 1.807) is 0 Å². The summed E-state index contributed by atoms with van der Waals surface area (Å²) in [6.07, 6.45) is 3.17. The van der Waals surface area contributed by atoms with Crippen LogP contribution in [0.2, 0.25) is 0 Å². The molecule has 0 spiro atoms. The highest BCUT2D eigenvalue weighted by molar-refractivity contribution is 7.18. The van der Waals surface area contributed by atoms with Crippen LogP contribution < -0.4 is 16.0 Å². The summed E-state index contributed by atoms with van der Waals surface area (Å²) in [5, 5.41) is 3.59. The van der Waals surface area contributed by atoms with Crippen molar-refractivity contribution < 1.29 is 9.53 Å². The van der Waals surface area contributed by atoms with Gasteiger partial charge in [-0.25, -0.2) is 4.98 Å². The summed E-state index contributed by atoms with van der Waals surface area (Å²) in [7, 11) is 1.95. The maximum Gasteiger partial charge on any atom is 0.265 e. The Morgan fingerprint density at radius 1 is 1.38 bits per heavy atom. The van der Waals surface area contributed by atoms with Gasteiger partial charge in [-0.1, -0.05) is 31.6 Å². The number of amides is 1. The fourth-order valence-corrected chi connectivity index (χ4v) is 2.63. The number of ether oxygens (including phenoxy) is 1. The molecule has 0 aliphatic carbocycles. The van der Waals surface area contributed by atoms with Crippen LogP contribution in [0, 0.1) is 0 Å². The second kappa shape index (κ2) is 9.57. The van der Waals surface area contributed by atoms with Gasteiger partial charge in [0.2, 0.25) is 0 Å². The second-order valence-corrected chi connectivity index (χ2v) is 5.83. The molecule has 0 saturated carbocycles. The summed E-state index contributed by atoms with van der Waals surface area (Å²) in [6.45, 7) is 6.85. The zero-order chi connectivity index (χ0) is 15.7. The lowest BCUT2D eigenvalue weighted by molar-refractivity contribution is 0.0917. The molecule has 3 N–H and O–H groups in total. The van der Waals surface area contributed by atoms with Gasteiger partial charge >= 0.3 is 0 Å². The van der Waals surface area contributed by atoms with Gasteiger partial charge < -0.3 is 20.7 Å². The minimum Gasteiger partial charge on any atom is -0.382 e. The summed E-state index contributed by atoms with van der Waals surface area (Å²) < 4.78 is 5.40. The Bertz CT molecular complexity index is 437. The van der Waals surface area contributed by atoms with Gasteiger partial charge in [-0.15, -0.1) is 0 Å². The largest absolute Gasteiger partial charge is 0.382 e. The molecule has 1 amide bonds. The summed E-state index contributed by atoms with van der Waals surface area (Å²) in [6, 6.07) is 0. The van der Waals surface area contributed by atoms with Crippen LogP contribution in [0.3, 0.4) is 0 Å². The molecule has 0 fully saturated rings. The summed E-state index contributed by atoms with van der Waals surface area (Å²) in [5.74, 6) is 0.114. The smallest absolute Gasteiger partial charge is 0.265 e. The predicted octanol–water partition coefficient (Wildman–Crippen LogP) is 2.12. The van der Waals surface area contributed by atoms with E-state index in [1.165, 1.54) is 11.3 Å². The van der Waals surface area contributed by atoms with Gasteiger partial charge in [-0.3, -0.25) is 4.79 Å². The number of nitrogens with two attached hydrogens (primary N) is 1. The first-order valence-corrected chi connectivity index (χ1v) is 8.25. The van der Waals surface area contributed by atoms with Crippen molar-refractivity contribution in [1.82, 2.24) is 10.3 Å². The van der Waals surface area contributed by atoms with Crippen LogP contribution in [0.25, 0.3) is 0 Å². The normalized spacial score (nSPS) is 10.6. The third kappa shape index (κ3) is 5.89. The average molecular weight is 314 g/mol. The van der Waals surface area contributed by atoms with E-state index in [0.29, 0.717) is 23.8 Å². The number of aromatic nitrogens is 1. The molecule has 1 aromatic rings. The van der Waals surface area contributed by atoms with Crippen LogP contribution in [0.1, 0.15) is 42.8 Å². The number of nitrogen functional groups attached to an aromatic ring is 1. The SMILES string of the molecule is CCCCOCCNC(=O)c1sc(N(C)CCC)nc1N. The van der Waals surface area contributed by atoms with Crippen molar-refractivity contribution in [2.45, 2.75) is 33.1 Å². The van der Waals surface area contributed by atoms with Gasteiger partial charge in [-0.05, 0) is 12.8 Å². The van der Waals surface area contributed by atoms with E-state index >= 15 is 0 Å². The van der Waals surface area contributed by atoms with Gasteiger partial charge in [0.15, 0.2) is 5.13 Å². The van der Waals surface area contributed by atoms with E-state index in [0.717, 1.165) is 37.5 Å². The van der Waals surface area contributed by atoms with Crippen LogP contribution in [0.15, 0.2) is 0 Å². The molecule has 0 atom stereocenters.